The first-order valence-corrected chi connectivity index (χ1v) is 5.46. The van der Waals surface area contributed by atoms with Crippen molar-refractivity contribution >= 4 is 11.6 Å². The molecule has 5 nitrogen and oxygen atoms in total. The Kier molecular flexibility index (Phi) is 4.34. The summed E-state index contributed by atoms with van der Waals surface area (Å²) < 4.78 is 0. The second kappa shape index (κ2) is 5.54. The molecule has 94 valence electrons. The Morgan fingerprint density at radius 3 is 2.59 bits per heavy atom. The van der Waals surface area contributed by atoms with Gasteiger partial charge in [-0.2, -0.15) is 0 Å². The topological polar surface area (TPSA) is 95.6 Å². The number of carbonyl (C=O) groups excluding carboxylic acids is 1. The van der Waals surface area contributed by atoms with E-state index in [0.29, 0.717) is 5.56 Å². The largest absolute Gasteiger partial charge is 0.506 e. The first-order valence-electron chi connectivity index (χ1n) is 5.46. The van der Waals surface area contributed by atoms with Crippen LogP contribution in [-0.4, -0.2) is 28.8 Å². The van der Waals surface area contributed by atoms with Crippen LogP contribution in [-0.2, 0) is 0 Å². The Bertz CT molecular complexity index is 405. The van der Waals surface area contributed by atoms with Crippen molar-refractivity contribution in [3.05, 3.63) is 23.8 Å². The minimum absolute atomic E-state index is 0.121. The summed E-state index contributed by atoms with van der Waals surface area (Å²) in [7, 11) is 0. The van der Waals surface area contributed by atoms with Gasteiger partial charge in [-0.1, -0.05) is 13.8 Å². The molecule has 5 N–H and O–H groups in total. The Hall–Kier alpha value is -1.75. The number of nitrogens with two attached hydrogens (primary N) is 1. The zero-order chi connectivity index (χ0) is 13.0. The Labute approximate surface area is 100 Å². The third-order valence-electron chi connectivity index (χ3n) is 2.61. The zero-order valence-electron chi connectivity index (χ0n) is 9.97. The summed E-state index contributed by atoms with van der Waals surface area (Å²) in [5.74, 6) is -0.331. The van der Waals surface area contributed by atoms with Crippen molar-refractivity contribution in [2.24, 2.45) is 5.92 Å². The van der Waals surface area contributed by atoms with E-state index in [0.717, 1.165) is 0 Å². The monoisotopic (exact) mass is 238 g/mol. The number of aliphatic hydroxyl groups is 1. The number of hydrogen-bond acceptors (Lipinski definition) is 4. The summed E-state index contributed by atoms with van der Waals surface area (Å²) in [5, 5.41) is 21.2. The lowest BCUT2D eigenvalue weighted by Gasteiger charge is -2.19. The summed E-state index contributed by atoms with van der Waals surface area (Å²) in [6, 6.07) is 3.99. The highest BCUT2D eigenvalue weighted by Crippen LogP contribution is 2.20. The Balaban J connectivity index is 2.79. The quantitative estimate of drug-likeness (QED) is 0.459. The van der Waals surface area contributed by atoms with Gasteiger partial charge in [-0.25, -0.2) is 0 Å². The van der Waals surface area contributed by atoms with Crippen molar-refractivity contribution in [1.82, 2.24) is 5.32 Å². The second-order valence-electron chi connectivity index (χ2n) is 4.28. The highest BCUT2D eigenvalue weighted by atomic mass is 16.3. The summed E-state index contributed by atoms with van der Waals surface area (Å²) in [6.45, 7) is 3.69. The maximum absolute atomic E-state index is 11.8. The second-order valence-corrected chi connectivity index (χ2v) is 4.28. The molecule has 1 aromatic rings. The maximum Gasteiger partial charge on any atom is 0.251 e. The summed E-state index contributed by atoms with van der Waals surface area (Å²) in [6.07, 6.45) is 0. The fourth-order valence-electron chi connectivity index (χ4n) is 1.36. The molecule has 0 saturated carbocycles. The molecule has 5 heteroatoms. The minimum atomic E-state index is -0.340. The zero-order valence-corrected chi connectivity index (χ0v) is 9.97. The number of nitrogens with one attached hydrogen (secondary N) is 1. The van der Waals surface area contributed by atoms with Gasteiger partial charge in [0.1, 0.15) is 5.75 Å². The van der Waals surface area contributed by atoms with Gasteiger partial charge in [-0.3, -0.25) is 4.79 Å². The third kappa shape index (κ3) is 3.35. The van der Waals surface area contributed by atoms with Crippen LogP contribution in [0, 0.1) is 5.92 Å². The molecule has 0 spiro atoms. The molecule has 0 aliphatic heterocycles. The van der Waals surface area contributed by atoms with E-state index in [9.17, 15) is 9.90 Å². The van der Waals surface area contributed by atoms with Crippen molar-refractivity contribution in [2.75, 3.05) is 12.3 Å². The van der Waals surface area contributed by atoms with Gasteiger partial charge >= 0.3 is 0 Å². The van der Waals surface area contributed by atoms with Gasteiger partial charge in [0, 0.05) is 5.56 Å². The number of carbonyl (C=O) groups is 1. The average Bonchev–Trinajstić information content (AvgIpc) is 2.28. The van der Waals surface area contributed by atoms with E-state index in [1.807, 2.05) is 13.8 Å². The van der Waals surface area contributed by atoms with Crippen LogP contribution in [0.1, 0.15) is 24.2 Å². The highest BCUT2D eigenvalue weighted by molar-refractivity contribution is 5.95. The summed E-state index contributed by atoms with van der Waals surface area (Å²) in [4.78, 5) is 11.8. The molecule has 0 bridgehead atoms. The molecule has 17 heavy (non-hydrogen) atoms. The molecular weight excluding hydrogens is 220 g/mol. The van der Waals surface area contributed by atoms with E-state index < -0.39 is 0 Å². The van der Waals surface area contributed by atoms with Crippen LogP contribution in [0.25, 0.3) is 0 Å². The number of nitrogen functional groups attached to an aromatic ring is 1. The third-order valence-corrected chi connectivity index (χ3v) is 2.61. The van der Waals surface area contributed by atoms with Gasteiger partial charge in [-0.15, -0.1) is 0 Å². The number of anilines is 1. The highest BCUT2D eigenvalue weighted by Gasteiger charge is 2.16. The number of amides is 1. The van der Waals surface area contributed by atoms with E-state index in [1.54, 1.807) is 0 Å². The fraction of sp³-hybridized carbons (Fsp3) is 0.417. The molecule has 1 atom stereocenters. The standard InChI is InChI=1S/C12H18N2O3/c1-7(2)10(6-15)14-12(17)8-3-4-9(13)11(16)5-8/h3-5,7,10,15-16H,6,13H2,1-2H3,(H,14,17). The van der Waals surface area contributed by atoms with Crippen LogP contribution in [0.15, 0.2) is 18.2 Å². The number of benzene rings is 1. The lowest BCUT2D eigenvalue weighted by Crippen LogP contribution is -2.41. The minimum Gasteiger partial charge on any atom is -0.506 e. The van der Waals surface area contributed by atoms with Crippen LogP contribution < -0.4 is 11.1 Å². The lowest BCUT2D eigenvalue weighted by atomic mass is 10.0. The molecule has 0 fully saturated rings. The molecule has 0 heterocycles. The van der Waals surface area contributed by atoms with Crippen molar-refractivity contribution in [3.8, 4) is 5.75 Å². The van der Waals surface area contributed by atoms with Crippen LogP contribution in [0.4, 0.5) is 5.69 Å². The van der Waals surface area contributed by atoms with E-state index >= 15 is 0 Å². The molecule has 0 radical (unpaired) electrons. The number of aromatic hydroxyl groups is 1. The SMILES string of the molecule is CC(C)C(CO)NC(=O)c1ccc(N)c(O)c1. The summed E-state index contributed by atoms with van der Waals surface area (Å²) >= 11 is 0. The van der Waals surface area contributed by atoms with Crippen molar-refractivity contribution in [2.45, 2.75) is 19.9 Å². The smallest absolute Gasteiger partial charge is 0.251 e. The molecule has 1 aromatic carbocycles. The van der Waals surface area contributed by atoms with E-state index in [1.165, 1.54) is 18.2 Å². The molecule has 0 aliphatic carbocycles. The molecule has 0 saturated heterocycles. The van der Waals surface area contributed by atoms with Crippen LogP contribution >= 0.6 is 0 Å². The van der Waals surface area contributed by atoms with Crippen molar-refractivity contribution in [3.63, 3.8) is 0 Å². The molecule has 1 unspecified atom stereocenters. The van der Waals surface area contributed by atoms with Gasteiger partial charge in [-0.05, 0) is 24.1 Å². The van der Waals surface area contributed by atoms with E-state index in [4.69, 9.17) is 10.8 Å². The molecule has 0 aliphatic rings. The van der Waals surface area contributed by atoms with Crippen molar-refractivity contribution in [1.29, 1.82) is 0 Å². The maximum atomic E-state index is 11.8. The van der Waals surface area contributed by atoms with Crippen molar-refractivity contribution < 1.29 is 15.0 Å². The molecule has 1 amide bonds. The predicted molar refractivity (Wildman–Crippen MR) is 65.7 cm³/mol. The van der Waals surface area contributed by atoms with E-state index in [2.05, 4.69) is 5.32 Å². The van der Waals surface area contributed by atoms with Crippen LogP contribution in [0.2, 0.25) is 0 Å². The van der Waals surface area contributed by atoms with Gasteiger partial charge < -0.3 is 21.3 Å². The Morgan fingerprint density at radius 1 is 1.47 bits per heavy atom. The van der Waals surface area contributed by atoms with Crippen LogP contribution in [0.3, 0.4) is 0 Å². The van der Waals surface area contributed by atoms with E-state index in [-0.39, 0.29) is 35.9 Å². The number of phenols is 1. The number of aliphatic hydroxyl groups excluding tert-OH is 1. The fourth-order valence-corrected chi connectivity index (χ4v) is 1.36. The number of hydrogen-bond donors (Lipinski definition) is 4. The summed E-state index contributed by atoms with van der Waals surface area (Å²) in [5.41, 5.74) is 5.98. The predicted octanol–water partition coefficient (Wildman–Crippen LogP) is 0.721. The normalized spacial score (nSPS) is 12.5. The molecular formula is C12H18N2O3. The van der Waals surface area contributed by atoms with Gasteiger partial charge in [0.2, 0.25) is 0 Å². The molecule has 0 aromatic heterocycles. The van der Waals surface area contributed by atoms with Gasteiger partial charge in [0.05, 0.1) is 18.3 Å². The average molecular weight is 238 g/mol. The van der Waals surface area contributed by atoms with Gasteiger partial charge in [0.15, 0.2) is 0 Å². The lowest BCUT2D eigenvalue weighted by molar-refractivity contribution is 0.0896. The number of rotatable bonds is 4. The van der Waals surface area contributed by atoms with Crippen LogP contribution in [0.5, 0.6) is 5.75 Å². The number of phenolic OH excluding ortho intramolecular Hbond substituents is 1. The first kappa shape index (κ1) is 13.3. The Morgan fingerprint density at radius 2 is 2.12 bits per heavy atom. The molecule has 1 rings (SSSR count). The first-order chi connectivity index (χ1) is 7.95. The van der Waals surface area contributed by atoms with Gasteiger partial charge in [0.25, 0.3) is 5.91 Å².